The smallest absolute Gasteiger partial charge is 0.343 e. The number of aromatic nitrogens is 2. The van der Waals surface area contributed by atoms with E-state index in [4.69, 9.17) is 24.9 Å². The van der Waals surface area contributed by atoms with E-state index in [9.17, 15) is 72.9 Å². The van der Waals surface area contributed by atoms with E-state index in [1.807, 2.05) is 0 Å². The van der Waals surface area contributed by atoms with Gasteiger partial charge in [0.2, 0.25) is 47.0 Å². The largest absolute Gasteiger partial charge is 0.458 e. The van der Waals surface area contributed by atoms with Gasteiger partial charge in [0.05, 0.1) is 54.2 Å². The van der Waals surface area contributed by atoms with Gasteiger partial charge in [-0.25, -0.2) is 18.6 Å². The number of aliphatic hydroxyl groups excluding tert-OH is 2. The van der Waals surface area contributed by atoms with Crippen molar-refractivity contribution in [2.45, 2.75) is 159 Å². The van der Waals surface area contributed by atoms with Crippen LogP contribution in [0.2, 0.25) is 0 Å². The number of cyclic esters (lactones) is 1. The van der Waals surface area contributed by atoms with Gasteiger partial charge < -0.3 is 77.0 Å². The van der Waals surface area contributed by atoms with Crippen molar-refractivity contribution in [3.63, 3.8) is 0 Å². The summed E-state index contributed by atoms with van der Waals surface area (Å²) in [5, 5.41) is 50.1. The summed E-state index contributed by atoms with van der Waals surface area (Å²) in [5.74, 6) is -10.4. The molecule has 0 radical (unpaired) electrons. The number of nitrogens with two attached hydrogens (primary N) is 1. The van der Waals surface area contributed by atoms with Gasteiger partial charge >= 0.3 is 5.97 Å². The zero-order valence-electron chi connectivity index (χ0n) is 49.5. The molecule has 5 aliphatic rings. The predicted molar refractivity (Wildman–Crippen MR) is 303 cm³/mol. The number of ether oxygens (including phenoxy) is 3. The molecule has 4 aliphatic heterocycles. The lowest BCUT2D eigenvalue weighted by atomic mass is 9.81. The summed E-state index contributed by atoms with van der Waals surface area (Å²) in [4.78, 5) is 161. The number of alkyl halides is 1. The lowest BCUT2D eigenvalue weighted by Crippen LogP contribution is -2.58. The van der Waals surface area contributed by atoms with Gasteiger partial charge in [-0.1, -0.05) is 20.8 Å². The minimum atomic E-state index is -2.73. The zero-order chi connectivity index (χ0) is 65.1. The van der Waals surface area contributed by atoms with Gasteiger partial charge in [0, 0.05) is 60.7 Å². The first-order chi connectivity index (χ1) is 41.9. The molecular weight excluding hydrogens is 1180 g/mol. The Kier molecular flexibility index (Phi) is 20.1. The second-order valence-electron chi connectivity index (χ2n) is 23.1. The number of pyridine rings is 2. The second kappa shape index (κ2) is 27.0. The fourth-order valence-electron chi connectivity index (χ4n) is 11.3. The number of halogens is 2. The van der Waals surface area contributed by atoms with Crippen LogP contribution in [0.15, 0.2) is 29.1 Å². The third-order valence-electron chi connectivity index (χ3n) is 16.4. The van der Waals surface area contributed by atoms with Gasteiger partial charge in [-0.05, 0) is 75.1 Å². The van der Waals surface area contributed by atoms with Gasteiger partial charge in [-0.2, -0.15) is 0 Å². The predicted octanol–water partition coefficient (Wildman–Crippen LogP) is -2.73. The van der Waals surface area contributed by atoms with Crippen LogP contribution in [0.4, 0.5) is 8.78 Å². The normalized spacial score (nSPS) is 22.2. The van der Waals surface area contributed by atoms with Crippen molar-refractivity contribution >= 4 is 75.9 Å². The molecule has 2 aromatic heterocycles. The number of esters is 1. The highest BCUT2D eigenvalue weighted by atomic mass is 19.1. The Balaban J connectivity index is 0.862. The van der Waals surface area contributed by atoms with Crippen LogP contribution >= 0.6 is 0 Å². The van der Waals surface area contributed by atoms with E-state index >= 15 is 8.78 Å². The minimum absolute atomic E-state index is 0.0608. The molecule has 89 heavy (non-hydrogen) atoms. The van der Waals surface area contributed by atoms with Gasteiger partial charge in [0.15, 0.2) is 5.60 Å². The number of nitrogens with zero attached hydrogens (tertiary/aromatic N) is 3. The summed E-state index contributed by atoms with van der Waals surface area (Å²) in [6.45, 7) is 5.26. The monoisotopic (exact) mass is 1250 g/mol. The lowest BCUT2D eigenvalue weighted by Gasteiger charge is -2.31. The molecule has 1 saturated heterocycles. The van der Waals surface area contributed by atoms with Gasteiger partial charge in [0.1, 0.15) is 62.1 Å². The van der Waals surface area contributed by atoms with Crippen LogP contribution in [-0.2, 0) is 92.1 Å². The van der Waals surface area contributed by atoms with Crippen molar-refractivity contribution in [3.8, 4) is 11.4 Å². The molecule has 0 spiro atoms. The van der Waals surface area contributed by atoms with E-state index in [2.05, 4.69) is 37.2 Å². The number of hydrogen-bond acceptors (Lipinski definition) is 19. The quantitative estimate of drug-likeness (QED) is 0.0132. The summed E-state index contributed by atoms with van der Waals surface area (Å²) in [5.41, 5.74) is 2.53. The number of carbonyl (C=O) groups is 11. The summed E-state index contributed by atoms with van der Waals surface area (Å²) in [7, 11) is 0. The standard InChI is InChI=1S/C58H71F2N11O18/c1-7-58(86)31-16-36-48-29(20-70(36)54(83)30(31)22-88-56(58)85)46-33(9-8-28-26(4)32(59)17-35(67-48)45(28)46)68-55(84)57(6,60)23-87-24-64-51(80)27(5)65-53(82)47(25(2)3)69-52(81)34(66-41(74)14-15-62-42(75)21-71-43(76)12-13-44(71)77)10-11-40(73)63-19-38-50(79)49(78)37(89-38)18-39(61)72/h12-13,16-17,25,27,33-34,37-38,47,49-50,78-79,86H,7-11,14-15,18-24H2,1-6H3,(H2,61,72)(H,62,75)(H,63,73)(H,64,80)(H,65,82)(H,66,74)(H,68,84)(H,69,81)/t27-,33-,34?,37-,38+,47-,49-,50+,57+,58-/m0/s1. The van der Waals surface area contributed by atoms with E-state index < -0.39 is 188 Å². The van der Waals surface area contributed by atoms with Crippen LogP contribution in [0.1, 0.15) is 113 Å². The molecule has 10 amide bonds. The van der Waals surface area contributed by atoms with Gasteiger partial charge in [-0.3, -0.25) is 57.6 Å². The molecule has 12 N–H and O–H groups in total. The molecular formula is C58H71F2N11O18. The fraction of sp³-hybridized carbons (Fsp3) is 0.534. The van der Waals surface area contributed by atoms with Crippen molar-refractivity contribution < 1.29 is 91.1 Å². The summed E-state index contributed by atoms with van der Waals surface area (Å²) < 4.78 is 49.4. The molecule has 0 bridgehead atoms. The third kappa shape index (κ3) is 14.1. The van der Waals surface area contributed by atoms with E-state index in [1.165, 1.54) is 23.6 Å². The Morgan fingerprint density at radius 1 is 0.888 bits per heavy atom. The third-order valence-corrected chi connectivity index (χ3v) is 16.4. The van der Waals surface area contributed by atoms with E-state index in [-0.39, 0.29) is 73.5 Å². The van der Waals surface area contributed by atoms with Crippen LogP contribution in [0.5, 0.6) is 0 Å². The number of hydrogen-bond donors (Lipinski definition) is 11. The molecule has 29 nitrogen and oxygen atoms in total. The Morgan fingerprint density at radius 2 is 1.58 bits per heavy atom. The topological polar surface area (TPSA) is 425 Å². The minimum Gasteiger partial charge on any atom is -0.458 e. The first-order valence-corrected chi connectivity index (χ1v) is 28.9. The number of aryl methyl sites for hydroxylation is 1. The number of aliphatic hydroxyl groups is 3. The molecule has 480 valence electrons. The van der Waals surface area contributed by atoms with Crippen molar-refractivity contribution in [1.29, 1.82) is 0 Å². The highest BCUT2D eigenvalue weighted by Crippen LogP contribution is 2.46. The fourth-order valence-corrected chi connectivity index (χ4v) is 11.3. The van der Waals surface area contributed by atoms with Crippen LogP contribution in [0.3, 0.4) is 0 Å². The van der Waals surface area contributed by atoms with Crippen LogP contribution in [0.25, 0.3) is 22.3 Å². The van der Waals surface area contributed by atoms with E-state index in [1.54, 1.807) is 27.7 Å². The number of carbonyl (C=O) groups excluding carboxylic acids is 11. The highest BCUT2D eigenvalue weighted by molar-refractivity contribution is 6.14. The summed E-state index contributed by atoms with van der Waals surface area (Å²) >= 11 is 0. The lowest BCUT2D eigenvalue weighted by molar-refractivity contribution is -0.172. The van der Waals surface area contributed by atoms with E-state index in [0.29, 0.717) is 32.5 Å². The van der Waals surface area contributed by atoms with Gasteiger partial charge in [-0.15, -0.1) is 0 Å². The Morgan fingerprint density at radius 3 is 2.26 bits per heavy atom. The number of benzene rings is 1. The first-order valence-electron chi connectivity index (χ1n) is 28.9. The molecule has 1 fully saturated rings. The molecule has 1 unspecified atom stereocenters. The average Bonchev–Trinajstić information content (AvgIpc) is 1.65. The average molecular weight is 1250 g/mol. The maximum absolute atomic E-state index is 16.4. The Labute approximate surface area is 506 Å². The molecule has 10 atom stereocenters. The molecule has 31 heteroatoms. The number of primary amides is 1. The highest BCUT2D eigenvalue weighted by Gasteiger charge is 2.47. The summed E-state index contributed by atoms with van der Waals surface area (Å²) in [6, 6.07) is -2.38. The van der Waals surface area contributed by atoms with Gasteiger partial charge in [0.25, 0.3) is 23.3 Å². The van der Waals surface area contributed by atoms with Crippen molar-refractivity contribution in [3.05, 3.63) is 73.8 Å². The SMILES string of the molecule is CC[C@@]1(O)C(=O)OCc2c1cc1n(c2=O)Cc2c-1nc1cc(F)c(C)c3c1c2[C@@H](NC(=O)[C@](C)(F)COCNC(=O)[C@H](C)NC(=O)[C@@H](NC(=O)C(CCC(=O)NC[C@H]1O[C@@H](CC(N)=O)[C@H](O)[C@@H]1O)NC(=O)CCNC(=O)CN1C(=O)C=CC1=O)C(C)C)CC3. The molecule has 1 aliphatic carbocycles. The van der Waals surface area contributed by atoms with Crippen molar-refractivity contribution in [2.75, 3.05) is 33.0 Å². The van der Waals surface area contributed by atoms with Crippen LogP contribution < -0.4 is 48.5 Å². The van der Waals surface area contributed by atoms with Crippen LogP contribution in [0, 0.1) is 18.7 Å². The first kappa shape index (κ1) is 66.3. The zero-order valence-corrected chi connectivity index (χ0v) is 49.5. The van der Waals surface area contributed by atoms with Crippen molar-refractivity contribution in [2.24, 2.45) is 11.7 Å². The molecule has 8 rings (SSSR count). The summed E-state index contributed by atoms with van der Waals surface area (Å²) in [6.07, 6.45) is -4.64. The second-order valence-corrected chi connectivity index (χ2v) is 23.1. The Bertz CT molecular complexity index is 3500. The molecule has 3 aromatic rings. The molecule has 6 heterocycles. The number of fused-ring (bicyclic) bond motifs is 5. The molecule has 1 aromatic carbocycles. The number of imide groups is 1. The van der Waals surface area contributed by atoms with Crippen molar-refractivity contribution in [1.82, 2.24) is 51.7 Å². The Hall–Kier alpha value is -8.65. The number of nitrogens with one attached hydrogen (secondary N) is 7. The number of amides is 10. The maximum atomic E-state index is 16.4. The molecule has 0 saturated carbocycles. The number of rotatable bonds is 26. The maximum Gasteiger partial charge on any atom is 0.343 e. The van der Waals surface area contributed by atoms with Crippen LogP contribution in [-0.4, -0.2) is 176 Å². The van der Waals surface area contributed by atoms with E-state index in [0.717, 1.165) is 19.1 Å².